The van der Waals surface area contributed by atoms with Crippen molar-refractivity contribution in [1.29, 1.82) is 0 Å². The van der Waals surface area contributed by atoms with E-state index in [1.54, 1.807) is 6.92 Å². The van der Waals surface area contributed by atoms with Gasteiger partial charge < -0.3 is 10.2 Å². The maximum Gasteiger partial charge on any atom is 0.151 e. The van der Waals surface area contributed by atoms with Crippen LogP contribution >= 0.6 is 0 Å². The van der Waals surface area contributed by atoms with Gasteiger partial charge in [0.15, 0.2) is 9.84 Å². The smallest absolute Gasteiger partial charge is 0.151 e. The van der Waals surface area contributed by atoms with Gasteiger partial charge in [0.2, 0.25) is 0 Å². The maximum atomic E-state index is 11.4. The minimum Gasteiger partial charge on any atom is -0.315 e. The Morgan fingerprint density at radius 2 is 2.14 bits per heavy atom. The second-order valence-corrected chi connectivity index (χ2v) is 9.23. The molecule has 1 N–H and O–H groups in total. The molecule has 22 heavy (non-hydrogen) atoms. The molecule has 0 amide bonds. The molecular formula is C15H26N4O2S. The molecule has 2 rings (SSSR count). The Bertz CT molecular complexity index is 600. The number of allylic oxidation sites excluding steroid dienone is 1. The van der Waals surface area contributed by atoms with Crippen LogP contribution in [0.5, 0.6) is 0 Å². The number of nitrogens with zero attached hydrogens (tertiary/aromatic N) is 3. The van der Waals surface area contributed by atoms with Crippen molar-refractivity contribution in [3.8, 4) is 0 Å². The Morgan fingerprint density at radius 3 is 2.77 bits per heavy atom. The van der Waals surface area contributed by atoms with Gasteiger partial charge in [-0.3, -0.25) is 4.99 Å². The van der Waals surface area contributed by atoms with E-state index in [4.69, 9.17) is 4.99 Å². The fourth-order valence-electron chi connectivity index (χ4n) is 2.30. The molecule has 0 radical (unpaired) electrons. The first-order valence-corrected chi connectivity index (χ1v) is 9.55. The van der Waals surface area contributed by atoms with Gasteiger partial charge >= 0.3 is 0 Å². The van der Waals surface area contributed by atoms with Gasteiger partial charge in [0.25, 0.3) is 0 Å². The molecule has 0 aromatic rings. The van der Waals surface area contributed by atoms with Gasteiger partial charge in [-0.25, -0.2) is 13.4 Å². The predicted molar refractivity (Wildman–Crippen MR) is 91.2 cm³/mol. The van der Waals surface area contributed by atoms with Gasteiger partial charge in [0.1, 0.15) is 5.84 Å². The van der Waals surface area contributed by atoms with Gasteiger partial charge in [-0.15, -0.1) is 0 Å². The van der Waals surface area contributed by atoms with E-state index in [-0.39, 0.29) is 23.0 Å². The first-order chi connectivity index (χ1) is 10.2. The standard InChI is InChI=1S/C15H26N4O2S/c1-5-22(20,21)7-6-16-9-12-10-19-11-17-13(15(2,3)4)8-14(19)18-12/h8,11-12,16H,5-7,9-10H2,1-4H3. The number of hydrogen-bond donors (Lipinski definition) is 1. The fraction of sp³-hybridized carbons (Fsp3) is 0.733. The number of amidine groups is 1. The van der Waals surface area contributed by atoms with Crippen molar-refractivity contribution >= 4 is 22.0 Å². The topological polar surface area (TPSA) is 74.1 Å². The number of nitrogens with one attached hydrogen (secondary N) is 1. The van der Waals surface area contributed by atoms with Gasteiger partial charge in [-0.1, -0.05) is 27.7 Å². The summed E-state index contributed by atoms with van der Waals surface area (Å²) in [5.41, 5.74) is 1.04. The zero-order chi connectivity index (χ0) is 16.4. The second kappa shape index (κ2) is 6.50. The van der Waals surface area contributed by atoms with E-state index in [0.29, 0.717) is 13.1 Å². The Kier molecular flexibility index (Phi) is 5.07. The van der Waals surface area contributed by atoms with Gasteiger partial charge in [-0.05, 0) is 0 Å². The molecule has 0 spiro atoms. The normalized spacial score (nSPS) is 21.6. The lowest BCUT2D eigenvalue weighted by Crippen LogP contribution is -2.35. The average Bonchev–Trinajstić information content (AvgIpc) is 2.84. The third kappa shape index (κ3) is 4.39. The summed E-state index contributed by atoms with van der Waals surface area (Å²) in [4.78, 5) is 11.2. The summed E-state index contributed by atoms with van der Waals surface area (Å²) < 4.78 is 22.9. The van der Waals surface area contributed by atoms with E-state index in [9.17, 15) is 8.42 Å². The molecule has 1 atom stereocenters. The zero-order valence-electron chi connectivity index (χ0n) is 13.8. The van der Waals surface area contributed by atoms with Crippen LogP contribution in [-0.4, -0.2) is 62.7 Å². The van der Waals surface area contributed by atoms with Crippen LogP contribution in [0.4, 0.5) is 0 Å². The van der Waals surface area contributed by atoms with Crippen LogP contribution in [0.3, 0.4) is 0 Å². The highest BCUT2D eigenvalue weighted by Gasteiger charge is 2.28. The van der Waals surface area contributed by atoms with E-state index >= 15 is 0 Å². The number of aliphatic imine (C=N–C) groups is 2. The third-order valence-electron chi connectivity index (χ3n) is 3.80. The van der Waals surface area contributed by atoms with E-state index in [1.807, 2.05) is 17.3 Å². The van der Waals surface area contributed by atoms with Crippen molar-refractivity contribution in [3.05, 3.63) is 11.8 Å². The predicted octanol–water partition coefficient (Wildman–Crippen LogP) is 1.07. The van der Waals surface area contributed by atoms with Gasteiger partial charge in [0, 0.05) is 36.9 Å². The minimum atomic E-state index is -2.90. The van der Waals surface area contributed by atoms with E-state index in [0.717, 1.165) is 18.1 Å². The summed E-state index contributed by atoms with van der Waals surface area (Å²) in [6.45, 7) is 10.0. The van der Waals surface area contributed by atoms with Crippen LogP contribution in [0.25, 0.3) is 0 Å². The largest absolute Gasteiger partial charge is 0.315 e. The van der Waals surface area contributed by atoms with Gasteiger partial charge in [-0.2, -0.15) is 0 Å². The molecule has 1 unspecified atom stereocenters. The van der Waals surface area contributed by atoms with E-state index in [2.05, 4.69) is 31.1 Å². The van der Waals surface area contributed by atoms with Crippen molar-refractivity contribution in [1.82, 2.24) is 10.2 Å². The Labute approximate surface area is 133 Å². The molecule has 0 aromatic heterocycles. The number of sulfone groups is 1. The lowest BCUT2D eigenvalue weighted by atomic mass is 9.91. The lowest BCUT2D eigenvalue weighted by Gasteiger charge is -2.25. The molecule has 2 heterocycles. The van der Waals surface area contributed by atoms with Crippen molar-refractivity contribution in [2.75, 3.05) is 31.1 Å². The number of hydrogen-bond acceptors (Lipinski definition) is 6. The van der Waals surface area contributed by atoms with E-state index in [1.165, 1.54) is 0 Å². The SMILES string of the molecule is CCS(=O)(=O)CCNCC1CN2C=NC(C(C)(C)C)=CC2=N1. The van der Waals surface area contributed by atoms with Crippen molar-refractivity contribution < 1.29 is 8.42 Å². The molecule has 0 aromatic carbocycles. The van der Waals surface area contributed by atoms with Crippen LogP contribution < -0.4 is 5.32 Å². The molecule has 7 heteroatoms. The van der Waals surface area contributed by atoms with Crippen molar-refractivity contribution in [2.24, 2.45) is 15.4 Å². The second-order valence-electron chi connectivity index (χ2n) is 6.76. The summed E-state index contributed by atoms with van der Waals surface area (Å²) in [6.07, 6.45) is 3.89. The van der Waals surface area contributed by atoms with Crippen molar-refractivity contribution in [3.63, 3.8) is 0 Å². The first kappa shape index (κ1) is 17.1. The molecule has 0 saturated carbocycles. The highest BCUT2D eigenvalue weighted by atomic mass is 32.2. The monoisotopic (exact) mass is 326 g/mol. The third-order valence-corrected chi connectivity index (χ3v) is 5.50. The van der Waals surface area contributed by atoms with Crippen LogP contribution in [-0.2, 0) is 9.84 Å². The van der Waals surface area contributed by atoms with Crippen LogP contribution in [0.2, 0.25) is 0 Å². The molecule has 0 aliphatic carbocycles. The summed E-state index contributed by atoms with van der Waals surface area (Å²) >= 11 is 0. The quantitative estimate of drug-likeness (QED) is 0.741. The van der Waals surface area contributed by atoms with Crippen LogP contribution in [0.15, 0.2) is 21.8 Å². The average molecular weight is 326 g/mol. The zero-order valence-corrected chi connectivity index (χ0v) is 14.7. The summed E-state index contributed by atoms with van der Waals surface area (Å²) in [5, 5.41) is 3.19. The first-order valence-electron chi connectivity index (χ1n) is 7.73. The summed E-state index contributed by atoms with van der Waals surface area (Å²) in [5.74, 6) is 1.34. The summed E-state index contributed by atoms with van der Waals surface area (Å²) in [7, 11) is -2.90. The highest BCUT2D eigenvalue weighted by Crippen LogP contribution is 2.28. The molecule has 0 saturated heterocycles. The molecular weight excluding hydrogens is 300 g/mol. The lowest BCUT2D eigenvalue weighted by molar-refractivity contribution is 0.491. The Morgan fingerprint density at radius 1 is 1.41 bits per heavy atom. The molecule has 2 aliphatic rings. The van der Waals surface area contributed by atoms with E-state index < -0.39 is 9.84 Å². The van der Waals surface area contributed by atoms with Gasteiger partial charge in [0.05, 0.1) is 23.8 Å². The maximum absolute atomic E-state index is 11.4. The number of fused-ring (bicyclic) bond motifs is 1. The Balaban J connectivity index is 1.86. The fourth-order valence-corrected chi connectivity index (χ4v) is 3.05. The van der Waals surface area contributed by atoms with Crippen molar-refractivity contribution in [2.45, 2.75) is 33.7 Å². The minimum absolute atomic E-state index is 0.00988. The molecule has 2 aliphatic heterocycles. The molecule has 124 valence electrons. The van der Waals surface area contributed by atoms with Crippen LogP contribution in [0, 0.1) is 5.41 Å². The highest BCUT2D eigenvalue weighted by molar-refractivity contribution is 7.91. The van der Waals surface area contributed by atoms with Crippen LogP contribution in [0.1, 0.15) is 27.7 Å². The Hall–Kier alpha value is -1.21. The molecule has 6 nitrogen and oxygen atoms in total. The molecule has 0 bridgehead atoms. The number of rotatable bonds is 6. The summed E-state index contributed by atoms with van der Waals surface area (Å²) in [6, 6.07) is 0.140. The molecule has 0 fully saturated rings.